The molecule has 0 radical (unpaired) electrons. The molecule has 2 unspecified atom stereocenters. The van der Waals surface area contributed by atoms with Gasteiger partial charge in [-0.05, 0) is 50.9 Å². The van der Waals surface area contributed by atoms with E-state index in [1.54, 1.807) is 7.11 Å². The molecule has 36 heavy (non-hydrogen) atoms. The number of azo groups is 1. The summed E-state index contributed by atoms with van der Waals surface area (Å²) in [4.78, 5) is 42.0. The van der Waals surface area contributed by atoms with Crippen LogP contribution in [0.25, 0.3) is 0 Å². The van der Waals surface area contributed by atoms with E-state index in [1.807, 2.05) is 0 Å². The van der Waals surface area contributed by atoms with E-state index in [9.17, 15) is 14.4 Å². The van der Waals surface area contributed by atoms with E-state index in [-0.39, 0.29) is 18.1 Å². The lowest BCUT2D eigenvalue weighted by molar-refractivity contribution is -0.145. The highest BCUT2D eigenvalue weighted by atomic mass is 16.5. The molecule has 0 aliphatic heterocycles. The number of carbonyl (C=O) groups is 3. The van der Waals surface area contributed by atoms with E-state index in [0.29, 0.717) is 31.7 Å². The van der Waals surface area contributed by atoms with Gasteiger partial charge in [-0.25, -0.2) is 9.59 Å². The summed E-state index contributed by atoms with van der Waals surface area (Å²) in [6, 6.07) is -2.38. The minimum Gasteiger partial charge on any atom is -0.467 e. The van der Waals surface area contributed by atoms with Crippen molar-refractivity contribution in [3.8, 4) is 0 Å². The van der Waals surface area contributed by atoms with Crippen molar-refractivity contribution in [3.63, 3.8) is 0 Å². The molecule has 0 spiro atoms. The molecule has 0 saturated heterocycles. The van der Waals surface area contributed by atoms with Crippen LogP contribution in [0.5, 0.6) is 0 Å². The Morgan fingerprint density at radius 1 is 0.944 bits per heavy atom. The van der Waals surface area contributed by atoms with Crippen LogP contribution in [0.4, 0.5) is 4.79 Å². The van der Waals surface area contributed by atoms with Crippen LogP contribution < -0.4 is 22.1 Å². The molecule has 2 rings (SSSR count). The van der Waals surface area contributed by atoms with Gasteiger partial charge in [-0.2, -0.15) is 5.11 Å². The van der Waals surface area contributed by atoms with E-state index in [0.717, 1.165) is 51.4 Å². The third-order valence-corrected chi connectivity index (χ3v) is 6.94. The average Bonchev–Trinajstić information content (AvgIpc) is 2.89. The number of aliphatic imine (C=N–C) groups is 1. The molecule has 2 fully saturated rings. The monoisotopic (exact) mass is 509 g/mol. The molecule has 0 aromatic rings. The summed E-state index contributed by atoms with van der Waals surface area (Å²) in [5.41, 5.74) is 10.7. The number of amides is 3. The molecule has 2 saturated carbocycles. The first-order chi connectivity index (χ1) is 17.3. The Morgan fingerprint density at radius 3 is 2.25 bits per heavy atom. The number of hydrogen-bond acceptors (Lipinski definition) is 7. The third kappa shape index (κ3) is 10.9. The van der Waals surface area contributed by atoms with Crippen molar-refractivity contribution in [1.29, 1.82) is 0 Å². The standard InChI is InChI=1S/C24H43N7O5/c1-35-18-12-10-17(11-13-18)30-31-24(34)29-20(15-16-7-4-3-5-8-16)21(32)28-19(22(33)36-2)9-6-14-27-23(25)26/h16-20H,3-15H2,1-2H3,(H,28,32)(H,29,34)(H4,25,26,27). The van der Waals surface area contributed by atoms with Gasteiger partial charge in [0.25, 0.3) is 0 Å². The zero-order chi connectivity index (χ0) is 26.3. The first kappa shape index (κ1) is 29.5. The molecule has 2 aliphatic carbocycles. The predicted octanol–water partition coefficient (Wildman–Crippen LogP) is 2.16. The van der Waals surface area contributed by atoms with Gasteiger partial charge in [0.15, 0.2) is 5.96 Å². The SMILES string of the molecule is COC(=O)C(CCCN=C(N)N)NC(=O)C(CC1CCCCC1)NC(=O)N=NC1CCC(OC)CC1. The van der Waals surface area contributed by atoms with E-state index in [1.165, 1.54) is 13.5 Å². The Labute approximate surface area is 213 Å². The van der Waals surface area contributed by atoms with Crippen molar-refractivity contribution in [2.75, 3.05) is 20.8 Å². The number of nitrogens with one attached hydrogen (secondary N) is 2. The van der Waals surface area contributed by atoms with Crippen LogP contribution in [0.3, 0.4) is 0 Å². The number of rotatable bonds is 12. The minimum atomic E-state index is -0.875. The minimum absolute atomic E-state index is 0.0262. The Hall–Kier alpha value is -2.76. The fourth-order valence-corrected chi connectivity index (χ4v) is 4.86. The van der Waals surface area contributed by atoms with Crippen molar-refractivity contribution in [3.05, 3.63) is 0 Å². The highest BCUT2D eigenvalue weighted by Crippen LogP contribution is 2.28. The van der Waals surface area contributed by atoms with Gasteiger partial charge in [0.05, 0.1) is 19.3 Å². The normalized spacial score (nSPS) is 22.4. The van der Waals surface area contributed by atoms with E-state index in [2.05, 4.69) is 25.9 Å². The topological polar surface area (TPSA) is 183 Å². The van der Waals surface area contributed by atoms with Crippen molar-refractivity contribution in [2.24, 2.45) is 32.6 Å². The van der Waals surface area contributed by atoms with Gasteiger partial charge in [-0.15, -0.1) is 0 Å². The fraction of sp³-hybridized carbons (Fsp3) is 0.833. The summed E-state index contributed by atoms with van der Waals surface area (Å²) in [5, 5.41) is 13.5. The van der Waals surface area contributed by atoms with Gasteiger partial charge in [0.1, 0.15) is 12.1 Å². The largest absolute Gasteiger partial charge is 0.467 e. The third-order valence-electron chi connectivity index (χ3n) is 6.94. The van der Waals surface area contributed by atoms with Gasteiger partial charge in [0.2, 0.25) is 5.91 Å². The van der Waals surface area contributed by atoms with Crippen LogP contribution in [0.15, 0.2) is 15.2 Å². The van der Waals surface area contributed by atoms with Crippen LogP contribution in [-0.2, 0) is 19.1 Å². The molecule has 12 nitrogen and oxygen atoms in total. The lowest BCUT2D eigenvalue weighted by Crippen LogP contribution is -2.52. The lowest BCUT2D eigenvalue weighted by Gasteiger charge is -2.27. The molecule has 2 aliphatic rings. The second-order valence-corrected chi connectivity index (χ2v) is 9.66. The summed E-state index contributed by atoms with van der Waals surface area (Å²) < 4.78 is 10.2. The Bertz CT molecular complexity index is 758. The average molecular weight is 510 g/mol. The first-order valence-corrected chi connectivity index (χ1v) is 13.0. The number of nitrogens with two attached hydrogens (primary N) is 2. The molecule has 0 heterocycles. The summed E-state index contributed by atoms with van der Waals surface area (Å²) in [5.74, 6) is -0.733. The Balaban J connectivity index is 2.00. The van der Waals surface area contributed by atoms with Crippen molar-refractivity contribution in [1.82, 2.24) is 10.6 Å². The number of carbonyl (C=O) groups excluding carboxylic acids is 3. The van der Waals surface area contributed by atoms with Gasteiger partial charge < -0.3 is 31.6 Å². The lowest BCUT2D eigenvalue weighted by atomic mass is 9.84. The highest BCUT2D eigenvalue weighted by molar-refractivity contribution is 5.90. The van der Waals surface area contributed by atoms with E-state index in [4.69, 9.17) is 20.9 Å². The number of nitrogens with zero attached hydrogens (tertiary/aromatic N) is 3. The van der Waals surface area contributed by atoms with Gasteiger partial charge in [0, 0.05) is 13.7 Å². The maximum absolute atomic E-state index is 13.2. The summed E-state index contributed by atoms with van der Waals surface area (Å²) >= 11 is 0. The maximum atomic E-state index is 13.2. The van der Waals surface area contributed by atoms with Crippen molar-refractivity contribution < 1.29 is 23.9 Å². The Morgan fingerprint density at radius 2 is 1.64 bits per heavy atom. The van der Waals surface area contributed by atoms with Gasteiger partial charge in [-0.1, -0.05) is 37.2 Å². The summed E-state index contributed by atoms with van der Waals surface area (Å²) in [6.45, 7) is 0.320. The molecule has 0 aromatic heterocycles. The second-order valence-electron chi connectivity index (χ2n) is 9.66. The fourth-order valence-electron chi connectivity index (χ4n) is 4.86. The zero-order valence-electron chi connectivity index (χ0n) is 21.6. The number of guanidine groups is 1. The molecular formula is C24H43N7O5. The quantitative estimate of drug-likeness (QED) is 0.102. The predicted molar refractivity (Wildman–Crippen MR) is 135 cm³/mol. The molecule has 204 valence electrons. The molecular weight excluding hydrogens is 466 g/mol. The molecule has 0 bridgehead atoms. The molecule has 12 heteroatoms. The maximum Gasteiger partial charge on any atom is 0.359 e. The van der Waals surface area contributed by atoms with Crippen LogP contribution in [0.1, 0.15) is 77.0 Å². The number of urea groups is 1. The number of hydrogen-bond donors (Lipinski definition) is 4. The number of ether oxygens (including phenoxy) is 2. The second kappa shape index (κ2) is 16.1. The van der Waals surface area contributed by atoms with Gasteiger partial charge >= 0.3 is 12.0 Å². The van der Waals surface area contributed by atoms with Crippen molar-refractivity contribution >= 4 is 23.9 Å². The number of methoxy groups -OCH3 is 2. The van der Waals surface area contributed by atoms with E-state index >= 15 is 0 Å². The highest BCUT2D eigenvalue weighted by Gasteiger charge is 2.30. The molecule has 6 N–H and O–H groups in total. The van der Waals surface area contributed by atoms with Gasteiger partial charge in [-0.3, -0.25) is 9.79 Å². The van der Waals surface area contributed by atoms with Crippen molar-refractivity contribution in [2.45, 2.75) is 101 Å². The zero-order valence-corrected chi connectivity index (χ0v) is 21.6. The van der Waals surface area contributed by atoms with E-state index < -0.39 is 30.0 Å². The Kier molecular flexibility index (Phi) is 13.2. The van der Waals surface area contributed by atoms with Crippen LogP contribution in [0.2, 0.25) is 0 Å². The molecule has 2 atom stereocenters. The van der Waals surface area contributed by atoms with Crippen LogP contribution >= 0.6 is 0 Å². The molecule has 3 amide bonds. The van der Waals surface area contributed by atoms with Crippen LogP contribution in [0, 0.1) is 5.92 Å². The smallest absolute Gasteiger partial charge is 0.359 e. The summed E-state index contributed by atoms with van der Waals surface area (Å²) in [6.07, 6.45) is 10.2. The number of esters is 1. The first-order valence-electron chi connectivity index (χ1n) is 13.0. The molecule has 0 aromatic carbocycles. The summed E-state index contributed by atoms with van der Waals surface area (Å²) in [7, 11) is 2.96. The van der Waals surface area contributed by atoms with Crippen LogP contribution in [-0.4, -0.2) is 68.9 Å².